The molecule has 0 aromatic carbocycles. The van der Waals surface area contributed by atoms with Crippen molar-refractivity contribution in [1.82, 2.24) is 10.3 Å². The number of carbonyl (C=O) groups is 1. The lowest BCUT2D eigenvalue weighted by atomic mass is 10.2. The van der Waals surface area contributed by atoms with Gasteiger partial charge >= 0.3 is 0 Å². The predicted octanol–water partition coefficient (Wildman–Crippen LogP) is -0.668. The van der Waals surface area contributed by atoms with Crippen LogP contribution in [0.1, 0.15) is 13.8 Å². The molecule has 0 saturated heterocycles. The van der Waals surface area contributed by atoms with Crippen LogP contribution in [0.5, 0.6) is 0 Å². The summed E-state index contributed by atoms with van der Waals surface area (Å²) in [6.07, 6.45) is 0. The van der Waals surface area contributed by atoms with Gasteiger partial charge < -0.3 is 4.74 Å². The summed E-state index contributed by atoms with van der Waals surface area (Å²) in [7, 11) is 3.43. The molecule has 0 bridgehead atoms. The maximum absolute atomic E-state index is 11.3. The lowest BCUT2D eigenvalue weighted by Gasteiger charge is -2.29. The summed E-state index contributed by atoms with van der Waals surface area (Å²) in [4.78, 5) is 13.2. The van der Waals surface area contributed by atoms with Crippen LogP contribution in [0.25, 0.3) is 0 Å². The van der Waals surface area contributed by atoms with Crippen molar-refractivity contribution in [3.05, 3.63) is 0 Å². The van der Waals surface area contributed by atoms with Crippen molar-refractivity contribution in [2.75, 3.05) is 20.8 Å². The molecule has 1 unspecified atom stereocenters. The Morgan fingerprint density at radius 2 is 2.15 bits per heavy atom. The summed E-state index contributed by atoms with van der Waals surface area (Å²) in [5, 5.41) is 0. The average molecular weight is 189 g/mol. The van der Waals surface area contributed by atoms with Crippen molar-refractivity contribution in [3.8, 4) is 0 Å². The fourth-order valence-electron chi connectivity index (χ4n) is 0.992. The molecule has 0 aromatic heterocycles. The number of hydrogen-bond acceptors (Lipinski definition) is 4. The van der Waals surface area contributed by atoms with Gasteiger partial charge in [-0.05, 0) is 20.9 Å². The Morgan fingerprint density at radius 3 is 2.46 bits per heavy atom. The normalized spacial score (nSPS) is 13.5. The number of likely N-dealkylation sites (N-methyl/N-ethyl adjacent to an activating group) is 1. The van der Waals surface area contributed by atoms with Gasteiger partial charge in [-0.2, -0.15) is 0 Å². The molecule has 0 radical (unpaired) electrons. The number of hydrogen-bond donors (Lipinski definition) is 2. The standard InChI is InChI=1S/C8H19N3O2/c1-6(2)11(3)7(5-13-4)8(12)10-9/h6-7H,5,9H2,1-4H3,(H,10,12). The first-order chi connectivity index (χ1) is 6.04. The van der Waals surface area contributed by atoms with E-state index in [-0.39, 0.29) is 18.0 Å². The molecule has 0 fully saturated rings. The van der Waals surface area contributed by atoms with Crippen LogP contribution < -0.4 is 11.3 Å². The van der Waals surface area contributed by atoms with Gasteiger partial charge in [-0.3, -0.25) is 15.1 Å². The molecule has 1 atom stereocenters. The van der Waals surface area contributed by atoms with Gasteiger partial charge in [0.1, 0.15) is 6.04 Å². The number of nitrogens with two attached hydrogens (primary N) is 1. The molecule has 0 aliphatic heterocycles. The minimum atomic E-state index is -0.324. The number of rotatable bonds is 5. The van der Waals surface area contributed by atoms with Crippen LogP contribution in [-0.2, 0) is 9.53 Å². The summed E-state index contributed by atoms with van der Waals surface area (Å²) in [6.45, 7) is 4.36. The van der Waals surface area contributed by atoms with E-state index in [4.69, 9.17) is 10.6 Å². The third kappa shape index (κ3) is 3.71. The van der Waals surface area contributed by atoms with Gasteiger partial charge in [-0.1, -0.05) is 0 Å². The molecular formula is C8H19N3O2. The Labute approximate surface area is 79.2 Å². The van der Waals surface area contributed by atoms with Gasteiger partial charge in [-0.25, -0.2) is 5.84 Å². The number of hydrazine groups is 1. The van der Waals surface area contributed by atoms with Crippen molar-refractivity contribution in [1.29, 1.82) is 0 Å². The van der Waals surface area contributed by atoms with Crippen molar-refractivity contribution >= 4 is 5.91 Å². The number of ether oxygens (including phenoxy) is 1. The van der Waals surface area contributed by atoms with Gasteiger partial charge in [0.2, 0.25) is 0 Å². The van der Waals surface area contributed by atoms with Crippen molar-refractivity contribution < 1.29 is 9.53 Å². The first kappa shape index (κ1) is 12.3. The van der Waals surface area contributed by atoms with Gasteiger partial charge in [0.25, 0.3) is 5.91 Å². The molecule has 0 aliphatic rings. The molecule has 1 amide bonds. The van der Waals surface area contributed by atoms with Crippen LogP contribution in [0.2, 0.25) is 0 Å². The van der Waals surface area contributed by atoms with Crippen molar-refractivity contribution in [2.45, 2.75) is 25.9 Å². The van der Waals surface area contributed by atoms with Crippen LogP contribution in [0.15, 0.2) is 0 Å². The van der Waals surface area contributed by atoms with Gasteiger partial charge in [0.05, 0.1) is 6.61 Å². The maximum atomic E-state index is 11.3. The van der Waals surface area contributed by atoms with E-state index < -0.39 is 0 Å². The summed E-state index contributed by atoms with van der Waals surface area (Å²) >= 11 is 0. The van der Waals surface area contributed by atoms with Crippen molar-refractivity contribution in [3.63, 3.8) is 0 Å². The first-order valence-electron chi connectivity index (χ1n) is 4.25. The smallest absolute Gasteiger partial charge is 0.253 e. The Hall–Kier alpha value is -0.650. The third-order valence-electron chi connectivity index (χ3n) is 2.08. The maximum Gasteiger partial charge on any atom is 0.253 e. The van der Waals surface area contributed by atoms with E-state index >= 15 is 0 Å². The Kier molecular flexibility index (Phi) is 5.61. The van der Waals surface area contributed by atoms with E-state index in [0.717, 1.165) is 0 Å². The van der Waals surface area contributed by atoms with Crippen LogP contribution in [-0.4, -0.2) is 43.7 Å². The summed E-state index contributed by atoms with van der Waals surface area (Å²) in [5.74, 6) is 4.84. The second kappa shape index (κ2) is 5.90. The molecule has 78 valence electrons. The molecular weight excluding hydrogens is 170 g/mol. The number of nitrogens with zero attached hydrogens (tertiary/aromatic N) is 1. The topological polar surface area (TPSA) is 67.6 Å². The fourth-order valence-corrected chi connectivity index (χ4v) is 0.992. The summed E-state index contributed by atoms with van der Waals surface area (Å²) in [5.41, 5.74) is 2.13. The number of amides is 1. The zero-order valence-electron chi connectivity index (χ0n) is 8.70. The highest BCUT2D eigenvalue weighted by Gasteiger charge is 2.23. The van der Waals surface area contributed by atoms with Gasteiger partial charge in [-0.15, -0.1) is 0 Å². The average Bonchev–Trinajstić information content (AvgIpc) is 2.11. The van der Waals surface area contributed by atoms with Crippen LogP contribution >= 0.6 is 0 Å². The van der Waals surface area contributed by atoms with Gasteiger partial charge in [0, 0.05) is 13.2 Å². The highest BCUT2D eigenvalue weighted by atomic mass is 16.5. The zero-order chi connectivity index (χ0) is 10.4. The molecule has 0 heterocycles. The largest absolute Gasteiger partial charge is 0.383 e. The van der Waals surface area contributed by atoms with E-state index in [1.54, 1.807) is 7.11 Å². The van der Waals surface area contributed by atoms with E-state index in [1.807, 2.05) is 25.8 Å². The molecule has 5 nitrogen and oxygen atoms in total. The summed E-state index contributed by atoms with van der Waals surface area (Å²) < 4.78 is 4.94. The highest BCUT2D eigenvalue weighted by Crippen LogP contribution is 2.02. The second-order valence-corrected chi connectivity index (χ2v) is 3.24. The zero-order valence-corrected chi connectivity index (χ0v) is 8.70. The highest BCUT2D eigenvalue weighted by molar-refractivity contribution is 5.81. The van der Waals surface area contributed by atoms with Gasteiger partial charge in [0.15, 0.2) is 0 Å². The SMILES string of the molecule is COCC(C(=O)NN)N(C)C(C)C. The molecule has 0 aliphatic carbocycles. The lowest BCUT2D eigenvalue weighted by Crippen LogP contribution is -2.52. The van der Waals surface area contributed by atoms with Crippen molar-refractivity contribution in [2.24, 2.45) is 5.84 Å². The molecule has 3 N–H and O–H groups in total. The van der Waals surface area contributed by atoms with Crippen LogP contribution in [0.4, 0.5) is 0 Å². The first-order valence-corrected chi connectivity index (χ1v) is 4.25. The molecule has 0 spiro atoms. The van der Waals surface area contributed by atoms with E-state index in [2.05, 4.69) is 5.43 Å². The minimum absolute atomic E-state index is 0.224. The Bertz CT molecular complexity index is 161. The lowest BCUT2D eigenvalue weighted by molar-refractivity contribution is -0.128. The number of nitrogens with one attached hydrogen (secondary N) is 1. The van der Waals surface area contributed by atoms with Crippen LogP contribution in [0.3, 0.4) is 0 Å². The van der Waals surface area contributed by atoms with E-state index in [9.17, 15) is 4.79 Å². The Morgan fingerprint density at radius 1 is 1.62 bits per heavy atom. The number of carbonyl (C=O) groups excluding carboxylic acids is 1. The summed E-state index contributed by atoms with van der Waals surface area (Å²) in [6, 6.07) is -0.0487. The monoisotopic (exact) mass is 189 g/mol. The quantitative estimate of drug-likeness (QED) is 0.342. The van der Waals surface area contributed by atoms with E-state index in [0.29, 0.717) is 6.61 Å². The molecule has 5 heteroatoms. The number of methoxy groups -OCH3 is 1. The molecule has 13 heavy (non-hydrogen) atoms. The second-order valence-electron chi connectivity index (χ2n) is 3.24. The van der Waals surface area contributed by atoms with Crippen LogP contribution in [0, 0.1) is 0 Å². The molecule has 0 aromatic rings. The third-order valence-corrected chi connectivity index (χ3v) is 2.08. The fraction of sp³-hybridized carbons (Fsp3) is 0.875. The van der Waals surface area contributed by atoms with E-state index in [1.165, 1.54) is 0 Å². The molecule has 0 rings (SSSR count). The predicted molar refractivity (Wildman–Crippen MR) is 50.9 cm³/mol. The Balaban J connectivity index is 4.31. The minimum Gasteiger partial charge on any atom is -0.383 e. The molecule has 0 saturated carbocycles.